The number of nitrogens with zero attached hydrogens (tertiary/aromatic N) is 1. The predicted octanol–water partition coefficient (Wildman–Crippen LogP) is -2.29. The van der Waals surface area contributed by atoms with Crippen LogP contribution in [0.15, 0.2) is 0 Å². The summed E-state index contributed by atoms with van der Waals surface area (Å²) in [5.41, 5.74) is 0. The summed E-state index contributed by atoms with van der Waals surface area (Å²) in [5, 5.41) is 0. The normalized spacial score (nSPS) is 17.7. The van der Waals surface area contributed by atoms with Crippen LogP contribution in [0.25, 0.3) is 0 Å². The van der Waals surface area contributed by atoms with E-state index in [0.717, 1.165) is 0 Å². The third kappa shape index (κ3) is 4.36. The summed E-state index contributed by atoms with van der Waals surface area (Å²) in [7, 11) is 3.97. The predicted molar refractivity (Wildman–Crippen MR) is 55.9 cm³/mol. The van der Waals surface area contributed by atoms with Crippen LogP contribution >= 0.6 is 0 Å². The number of hydrogen-bond acceptors (Lipinski definition) is 3. The average molecular weight is 193 g/mol. The van der Waals surface area contributed by atoms with Crippen LogP contribution in [0.3, 0.4) is 0 Å². The second-order valence-corrected chi connectivity index (χ2v) is 11.0. The van der Waals surface area contributed by atoms with E-state index in [1.807, 2.05) is 7.05 Å². The first-order chi connectivity index (χ1) is 4.57. The van der Waals surface area contributed by atoms with Crippen molar-refractivity contribution in [3.05, 3.63) is 0 Å². The molecule has 0 aromatic rings. The Morgan fingerprint density at radius 1 is 1.40 bits per heavy atom. The summed E-state index contributed by atoms with van der Waals surface area (Å²) in [6, 6.07) is 0. The summed E-state index contributed by atoms with van der Waals surface area (Å²) >= 11 is 0. The van der Waals surface area contributed by atoms with Gasteiger partial charge in [0, 0.05) is 0 Å². The minimum Gasteiger partial charge on any atom is -0.347 e. The highest BCUT2D eigenvalue weighted by Gasteiger charge is 2.08. The lowest BCUT2D eigenvalue weighted by atomic mass is 11.6. The van der Waals surface area contributed by atoms with Crippen LogP contribution in [-0.4, -0.2) is 47.0 Å². The summed E-state index contributed by atoms with van der Waals surface area (Å²) in [6.45, 7) is 4.63. The van der Waals surface area contributed by atoms with Crippen molar-refractivity contribution in [1.29, 1.82) is 0 Å². The number of nitrogens with one attached hydrogen (secondary N) is 2. The van der Waals surface area contributed by atoms with Gasteiger partial charge in [0.05, 0.1) is 10.4 Å². The van der Waals surface area contributed by atoms with Gasteiger partial charge in [0.25, 0.3) is 0 Å². The Balaban J connectivity index is 3.46. The van der Waals surface area contributed by atoms with Gasteiger partial charge in [0.2, 0.25) is 0 Å². The van der Waals surface area contributed by atoms with E-state index in [1.165, 1.54) is 10.4 Å². The average Bonchev–Trinajstić information content (AvgIpc) is 1.87. The molecular weight excluding hydrogens is 174 g/mol. The van der Waals surface area contributed by atoms with E-state index in [9.17, 15) is 0 Å². The van der Waals surface area contributed by atoms with Gasteiger partial charge in [-0.25, -0.2) is 0 Å². The molecule has 0 aromatic heterocycles. The van der Waals surface area contributed by atoms with Gasteiger partial charge >= 0.3 is 0 Å². The van der Waals surface area contributed by atoms with Crippen LogP contribution in [0, 0.1) is 0 Å². The summed E-state index contributed by atoms with van der Waals surface area (Å²) < 4.78 is 6.10. The molecular formula is C4H19N3Si3. The molecule has 6 heteroatoms. The lowest BCUT2D eigenvalue weighted by molar-refractivity contribution is 0.826. The zero-order chi connectivity index (χ0) is 8.15. The molecule has 62 valence electrons. The quantitative estimate of drug-likeness (QED) is 0.492. The van der Waals surface area contributed by atoms with E-state index in [4.69, 9.17) is 0 Å². The highest BCUT2D eigenvalue weighted by Crippen LogP contribution is 1.79. The first-order valence-corrected chi connectivity index (χ1v) is 9.13. The molecule has 0 amide bonds. The monoisotopic (exact) mass is 193 g/mol. The first-order valence-electron chi connectivity index (χ1n) is 3.67. The van der Waals surface area contributed by atoms with Crippen molar-refractivity contribution in [2.75, 3.05) is 14.1 Å². The second-order valence-electron chi connectivity index (χ2n) is 2.82. The summed E-state index contributed by atoms with van der Waals surface area (Å²) in [4.78, 5) is 3.30. The molecule has 0 bridgehead atoms. The molecule has 0 fully saturated rings. The van der Waals surface area contributed by atoms with E-state index in [0.29, 0.717) is 0 Å². The molecule has 0 aliphatic rings. The Morgan fingerprint density at radius 3 is 2.20 bits per heavy atom. The van der Waals surface area contributed by atoms with E-state index in [-0.39, 0.29) is 0 Å². The van der Waals surface area contributed by atoms with E-state index in [2.05, 4.69) is 34.0 Å². The molecule has 0 radical (unpaired) electrons. The molecule has 0 saturated heterocycles. The second kappa shape index (κ2) is 5.22. The molecule has 0 heterocycles. The molecule has 0 spiro atoms. The van der Waals surface area contributed by atoms with E-state index < -0.39 is 18.2 Å². The standard InChI is InChI=1S/C4H19N3Si3/c1-5-9(3)6-10(4)7(2)8/h5-6,9-10H,1-4,8H3. The smallest absolute Gasteiger partial charge is 0.175 e. The van der Waals surface area contributed by atoms with Crippen molar-refractivity contribution in [1.82, 2.24) is 13.9 Å². The third-order valence-corrected chi connectivity index (χ3v) is 10.4. The number of rotatable bonds is 4. The molecule has 2 N–H and O–H groups in total. The molecule has 0 rings (SSSR count). The maximum Gasteiger partial charge on any atom is 0.175 e. The van der Waals surface area contributed by atoms with Crippen LogP contribution in [-0.2, 0) is 0 Å². The maximum absolute atomic E-state index is 3.66. The van der Waals surface area contributed by atoms with Crippen LogP contribution in [0.5, 0.6) is 0 Å². The van der Waals surface area contributed by atoms with Gasteiger partial charge < -0.3 is 13.9 Å². The van der Waals surface area contributed by atoms with Gasteiger partial charge in [-0.15, -0.1) is 0 Å². The lowest BCUT2D eigenvalue weighted by Crippen LogP contribution is -2.55. The highest BCUT2D eigenvalue weighted by atomic mass is 28.4. The van der Waals surface area contributed by atoms with Gasteiger partial charge in [-0.2, -0.15) is 0 Å². The van der Waals surface area contributed by atoms with Crippen LogP contribution in [0.4, 0.5) is 0 Å². The molecule has 3 nitrogen and oxygen atoms in total. The van der Waals surface area contributed by atoms with Crippen molar-refractivity contribution < 1.29 is 0 Å². The molecule has 10 heavy (non-hydrogen) atoms. The van der Waals surface area contributed by atoms with Crippen LogP contribution in [0.2, 0.25) is 13.1 Å². The Labute approximate surface area is 70.2 Å². The SMILES string of the molecule is CN[SiH](C)N[SiH](C)N(C)[SiH3]. The van der Waals surface area contributed by atoms with Gasteiger partial charge in [-0.05, 0) is 27.2 Å². The zero-order valence-corrected chi connectivity index (χ0v) is 11.9. The summed E-state index contributed by atoms with van der Waals surface area (Å²) in [5.74, 6) is 0. The molecule has 0 aliphatic carbocycles. The fourth-order valence-electron chi connectivity index (χ4n) is 0.594. The van der Waals surface area contributed by atoms with Crippen molar-refractivity contribution in [2.45, 2.75) is 13.1 Å². The molecule has 2 atom stereocenters. The van der Waals surface area contributed by atoms with Crippen LogP contribution < -0.4 is 9.63 Å². The lowest BCUT2D eigenvalue weighted by Gasteiger charge is -2.22. The molecule has 2 unspecified atom stereocenters. The Bertz CT molecular complexity index is 89.8. The third-order valence-electron chi connectivity index (χ3n) is 1.70. The molecule has 0 saturated carbocycles. The van der Waals surface area contributed by atoms with Gasteiger partial charge in [0.1, 0.15) is 0 Å². The van der Waals surface area contributed by atoms with Crippen molar-refractivity contribution in [3.8, 4) is 0 Å². The highest BCUT2D eigenvalue weighted by molar-refractivity contribution is 6.71. The minimum atomic E-state index is -0.753. The van der Waals surface area contributed by atoms with Gasteiger partial charge in [-0.3, -0.25) is 0 Å². The largest absolute Gasteiger partial charge is 0.347 e. The van der Waals surface area contributed by atoms with Crippen molar-refractivity contribution in [3.63, 3.8) is 0 Å². The first kappa shape index (κ1) is 10.5. The van der Waals surface area contributed by atoms with E-state index in [1.54, 1.807) is 0 Å². The molecule has 0 aliphatic heterocycles. The minimum absolute atomic E-state index is 0.707. The fraction of sp³-hybridized carbons (Fsp3) is 1.00. The molecule has 0 aromatic carbocycles. The van der Waals surface area contributed by atoms with Crippen molar-refractivity contribution >= 4 is 28.6 Å². The van der Waals surface area contributed by atoms with Crippen molar-refractivity contribution in [2.24, 2.45) is 0 Å². The maximum atomic E-state index is 3.66. The topological polar surface area (TPSA) is 27.3 Å². The van der Waals surface area contributed by atoms with Crippen LogP contribution in [0.1, 0.15) is 0 Å². The summed E-state index contributed by atoms with van der Waals surface area (Å²) in [6.07, 6.45) is 0. The van der Waals surface area contributed by atoms with E-state index >= 15 is 0 Å². The Hall–Kier alpha value is 0.531. The van der Waals surface area contributed by atoms with Gasteiger partial charge in [-0.1, -0.05) is 0 Å². The van der Waals surface area contributed by atoms with Gasteiger partial charge in [0.15, 0.2) is 18.2 Å². The Kier molecular flexibility index (Phi) is 5.49. The zero-order valence-electron chi connectivity index (χ0n) is 7.60. The fourth-order valence-corrected chi connectivity index (χ4v) is 6.69. The number of hydrogen-bond donors (Lipinski definition) is 2. The Morgan fingerprint density at radius 2 is 1.90 bits per heavy atom.